The average molecular weight is 249 g/mol. The van der Waals surface area contributed by atoms with E-state index in [-0.39, 0.29) is 17.5 Å². The van der Waals surface area contributed by atoms with Crippen LogP contribution in [0, 0.1) is 5.82 Å². The van der Waals surface area contributed by atoms with Crippen LogP contribution in [0.4, 0.5) is 4.39 Å². The van der Waals surface area contributed by atoms with Gasteiger partial charge in [0, 0.05) is 24.3 Å². The van der Waals surface area contributed by atoms with Gasteiger partial charge in [-0.2, -0.15) is 0 Å². The third kappa shape index (κ3) is 2.22. The fraction of sp³-hybridized carbons (Fsp3) is 0.538. The summed E-state index contributed by atoms with van der Waals surface area (Å²) in [5, 5.41) is 6.44. The molecule has 0 radical (unpaired) electrons. The Morgan fingerprint density at radius 1 is 1.39 bits per heavy atom. The van der Waals surface area contributed by atoms with Crippen molar-refractivity contribution < 1.29 is 9.18 Å². The summed E-state index contributed by atoms with van der Waals surface area (Å²) < 4.78 is 13.4. The van der Waals surface area contributed by atoms with Gasteiger partial charge in [0.1, 0.15) is 0 Å². The van der Waals surface area contributed by atoms with Gasteiger partial charge in [-0.25, -0.2) is 4.39 Å². The highest BCUT2D eigenvalue weighted by Gasteiger charge is 2.34. The van der Waals surface area contributed by atoms with Crippen molar-refractivity contribution in [2.45, 2.75) is 43.8 Å². The lowest BCUT2D eigenvalue weighted by molar-refractivity contribution is 0.0919. The van der Waals surface area contributed by atoms with Crippen LogP contribution >= 0.6 is 0 Å². The maximum absolute atomic E-state index is 13.4. The molecule has 1 amide bonds. The van der Waals surface area contributed by atoms with Gasteiger partial charge in [-0.05, 0) is 31.7 Å². The molecule has 2 bridgehead atoms. The Kier molecular flexibility index (Phi) is 2.99. The molecule has 2 fully saturated rings. The number of halogens is 1. The zero-order valence-corrected chi connectivity index (χ0v) is 10.0. The van der Waals surface area contributed by atoms with Crippen molar-refractivity contribution in [3.8, 4) is 0 Å². The molecule has 2 N–H and O–H groups in total. The first-order chi connectivity index (χ1) is 8.72. The lowest BCUT2D eigenvalue weighted by Crippen LogP contribution is -2.48. The van der Waals surface area contributed by atoms with Gasteiger partial charge in [0.15, 0.2) is 5.82 Å². The van der Waals surface area contributed by atoms with Crippen LogP contribution in [-0.4, -0.2) is 29.0 Å². The van der Waals surface area contributed by atoms with Crippen LogP contribution in [0.2, 0.25) is 0 Å². The van der Waals surface area contributed by atoms with E-state index >= 15 is 0 Å². The number of pyridine rings is 1. The van der Waals surface area contributed by atoms with E-state index in [4.69, 9.17) is 0 Å². The van der Waals surface area contributed by atoms with Crippen LogP contribution in [0.15, 0.2) is 18.5 Å². The Morgan fingerprint density at radius 3 is 2.78 bits per heavy atom. The maximum atomic E-state index is 13.4. The highest BCUT2D eigenvalue weighted by atomic mass is 19.1. The van der Waals surface area contributed by atoms with E-state index in [1.807, 2.05) is 0 Å². The second kappa shape index (κ2) is 4.65. The molecule has 1 aromatic heterocycles. The molecule has 0 spiro atoms. The third-order valence-corrected chi connectivity index (χ3v) is 3.83. The lowest BCUT2D eigenvalue weighted by atomic mass is 9.99. The second-order valence-electron chi connectivity index (χ2n) is 5.14. The highest BCUT2D eigenvalue weighted by Crippen LogP contribution is 2.26. The SMILES string of the molecule is O=C(NC1CC2CCC(C1)N2)c1ccncc1F. The van der Waals surface area contributed by atoms with E-state index in [9.17, 15) is 9.18 Å². The molecule has 18 heavy (non-hydrogen) atoms. The van der Waals surface area contributed by atoms with Gasteiger partial charge in [0.25, 0.3) is 5.91 Å². The average Bonchev–Trinajstić information content (AvgIpc) is 2.69. The van der Waals surface area contributed by atoms with Gasteiger partial charge in [0.2, 0.25) is 0 Å². The Morgan fingerprint density at radius 2 is 2.11 bits per heavy atom. The van der Waals surface area contributed by atoms with Gasteiger partial charge in [-0.1, -0.05) is 0 Å². The van der Waals surface area contributed by atoms with Crippen LogP contribution in [0.3, 0.4) is 0 Å². The van der Waals surface area contributed by atoms with E-state index in [0.717, 1.165) is 19.0 Å². The number of carbonyl (C=O) groups is 1. The van der Waals surface area contributed by atoms with Gasteiger partial charge in [-0.3, -0.25) is 9.78 Å². The van der Waals surface area contributed by atoms with Gasteiger partial charge in [-0.15, -0.1) is 0 Å². The van der Waals surface area contributed by atoms with Crippen molar-refractivity contribution in [1.29, 1.82) is 0 Å². The molecule has 0 aromatic carbocycles. The van der Waals surface area contributed by atoms with Crippen molar-refractivity contribution in [2.75, 3.05) is 0 Å². The Hall–Kier alpha value is -1.49. The highest BCUT2D eigenvalue weighted by molar-refractivity contribution is 5.94. The van der Waals surface area contributed by atoms with E-state index in [0.29, 0.717) is 12.1 Å². The number of hydrogen-bond donors (Lipinski definition) is 2. The zero-order chi connectivity index (χ0) is 12.5. The number of piperidine rings is 1. The van der Waals surface area contributed by atoms with E-state index in [1.165, 1.54) is 25.1 Å². The molecule has 2 aliphatic heterocycles. The summed E-state index contributed by atoms with van der Waals surface area (Å²) >= 11 is 0. The number of nitrogens with one attached hydrogen (secondary N) is 2. The van der Waals surface area contributed by atoms with Crippen LogP contribution in [-0.2, 0) is 0 Å². The van der Waals surface area contributed by atoms with Crippen molar-refractivity contribution in [3.63, 3.8) is 0 Å². The maximum Gasteiger partial charge on any atom is 0.254 e. The number of nitrogens with zero attached hydrogens (tertiary/aromatic N) is 1. The zero-order valence-electron chi connectivity index (χ0n) is 10.0. The van der Waals surface area contributed by atoms with Crippen molar-refractivity contribution in [3.05, 3.63) is 29.8 Å². The van der Waals surface area contributed by atoms with Crippen LogP contribution in [0.5, 0.6) is 0 Å². The molecule has 3 rings (SSSR count). The summed E-state index contributed by atoms with van der Waals surface area (Å²) in [5.74, 6) is -0.895. The molecule has 2 saturated heterocycles. The summed E-state index contributed by atoms with van der Waals surface area (Å²) in [6, 6.07) is 2.59. The van der Waals surface area contributed by atoms with E-state index < -0.39 is 5.82 Å². The van der Waals surface area contributed by atoms with E-state index in [1.54, 1.807) is 0 Å². The fourth-order valence-corrected chi connectivity index (χ4v) is 3.00. The lowest BCUT2D eigenvalue weighted by Gasteiger charge is -2.29. The molecular formula is C13H16FN3O. The molecule has 5 heteroatoms. The molecular weight excluding hydrogens is 233 g/mol. The van der Waals surface area contributed by atoms with Gasteiger partial charge in [0.05, 0.1) is 11.8 Å². The Labute approximate surface area is 105 Å². The summed E-state index contributed by atoms with van der Waals surface area (Å²) in [6.07, 6.45) is 6.75. The topological polar surface area (TPSA) is 54.0 Å². The number of fused-ring (bicyclic) bond motifs is 2. The largest absolute Gasteiger partial charge is 0.349 e. The second-order valence-corrected chi connectivity index (χ2v) is 5.14. The van der Waals surface area contributed by atoms with Crippen molar-refractivity contribution in [2.24, 2.45) is 0 Å². The quantitative estimate of drug-likeness (QED) is 0.829. The number of aromatic nitrogens is 1. The molecule has 4 nitrogen and oxygen atoms in total. The predicted octanol–water partition coefficient (Wildman–Crippen LogP) is 1.23. The smallest absolute Gasteiger partial charge is 0.254 e. The van der Waals surface area contributed by atoms with Crippen LogP contribution in [0.1, 0.15) is 36.0 Å². The first-order valence-electron chi connectivity index (χ1n) is 6.39. The minimum Gasteiger partial charge on any atom is -0.349 e. The minimum atomic E-state index is -0.563. The van der Waals surface area contributed by atoms with Crippen LogP contribution < -0.4 is 10.6 Å². The molecule has 0 saturated carbocycles. The monoisotopic (exact) mass is 249 g/mol. The Bertz CT molecular complexity index is 453. The third-order valence-electron chi connectivity index (χ3n) is 3.83. The first-order valence-corrected chi connectivity index (χ1v) is 6.39. The summed E-state index contributed by atoms with van der Waals surface area (Å²) in [6.45, 7) is 0. The fourth-order valence-electron chi connectivity index (χ4n) is 3.00. The van der Waals surface area contributed by atoms with Crippen molar-refractivity contribution >= 4 is 5.91 Å². The van der Waals surface area contributed by atoms with Crippen molar-refractivity contribution in [1.82, 2.24) is 15.6 Å². The molecule has 96 valence electrons. The molecule has 3 heterocycles. The first kappa shape index (κ1) is 11.6. The minimum absolute atomic E-state index is 0.0795. The molecule has 2 aliphatic rings. The number of rotatable bonds is 2. The van der Waals surface area contributed by atoms with Gasteiger partial charge >= 0.3 is 0 Å². The summed E-state index contributed by atoms with van der Waals surface area (Å²) in [4.78, 5) is 15.6. The Balaban J connectivity index is 1.66. The predicted molar refractivity (Wildman–Crippen MR) is 64.6 cm³/mol. The van der Waals surface area contributed by atoms with E-state index in [2.05, 4.69) is 15.6 Å². The normalized spacial score (nSPS) is 30.2. The number of hydrogen-bond acceptors (Lipinski definition) is 3. The number of carbonyl (C=O) groups excluding carboxylic acids is 1. The van der Waals surface area contributed by atoms with Crippen LogP contribution in [0.25, 0.3) is 0 Å². The summed E-state index contributed by atoms with van der Waals surface area (Å²) in [5.41, 5.74) is 0.0795. The molecule has 1 aromatic rings. The molecule has 2 unspecified atom stereocenters. The standard InChI is InChI=1S/C13H16FN3O/c14-12-7-15-4-3-11(12)13(18)17-10-5-8-1-2-9(6-10)16-8/h3-4,7-10,16H,1-2,5-6H2,(H,17,18). The van der Waals surface area contributed by atoms with Gasteiger partial charge < -0.3 is 10.6 Å². The summed E-state index contributed by atoms with van der Waals surface area (Å²) in [7, 11) is 0. The number of amides is 1. The molecule has 2 atom stereocenters. The molecule has 0 aliphatic carbocycles.